The highest BCUT2D eigenvalue weighted by atomic mass is 16.5. The summed E-state index contributed by atoms with van der Waals surface area (Å²) in [5.41, 5.74) is -2.09. The van der Waals surface area contributed by atoms with Gasteiger partial charge in [0.2, 0.25) is 0 Å². The van der Waals surface area contributed by atoms with Gasteiger partial charge in [-0.3, -0.25) is 4.57 Å². The summed E-state index contributed by atoms with van der Waals surface area (Å²) in [6, 6.07) is 1.66. The predicted molar refractivity (Wildman–Crippen MR) is 72.2 cm³/mol. The Bertz CT molecular complexity index is 592. The van der Waals surface area contributed by atoms with E-state index in [0.717, 1.165) is 0 Å². The van der Waals surface area contributed by atoms with Crippen molar-refractivity contribution in [3.8, 4) is 12.3 Å². The first-order valence-corrected chi connectivity index (χ1v) is 6.14. The third-order valence-electron chi connectivity index (χ3n) is 3.34. The van der Waals surface area contributed by atoms with Crippen molar-refractivity contribution in [2.24, 2.45) is 0 Å². The Morgan fingerprint density at radius 3 is 2.85 bits per heavy atom. The van der Waals surface area contributed by atoms with E-state index in [0.29, 0.717) is 5.82 Å². The molecule has 0 spiro atoms. The highest BCUT2D eigenvalue weighted by Gasteiger charge is 2.47. The highest BCUT2D eigenvalue weighted by Crippen LogP contribution is 2.35. The molecule has 3 atom stereocenters. The van der Waals surface area contributed by atoms with Gasteiger partial charge in [0, 0.05) is 26.7 Å². The summed E-state index contributed by atoms with van der Waals surface area (Å²) in [5, 5.41) is 19.4. The number of anilines is 1. The second-order valence-corrected chi connectivity index (χ2v) is 4.90. The summed E-state index contributed by atoms with van der Waals surface area (Å²) < 4.78 is 6.71. The Morgan fingerprint density at radius 2 is 2.40 bits per heavy atom. The highest BCUT2D eigenvalue weighted by molar-refractivity contribution is 5.33. The zero-order valence-corrected chi connectivity index (χ0v) is 11.4. The second-order valence-electron chi connectivity index (χ2n) is 4.90. The van der Waals surface area contributed by atoms with Crippen molar-refractivity contribution < 1.29 is 14.9 Å². The maximum atomic E-state index is 12.0. The van der Waals surface area contributed by atoms with Crippen molar-refractivity contribution >= 4 is 5.82 Å². The van der Waals surface area contributed by atoms with E-state index in [4.69, 9.17) is 11.2 Å². The largest absolute Gasteiger partial charge is 0.394 e. The quantitative estimate of drug-likeness (QED) is 0.687. The van der Waals surface area contributed by atoms with Crippen LogP contribution in [-0.4, -0.2) is 52.2 Å². The van der Waals surface area contributed by atoms with Crippen LogP contribution in [0.2, 0.25) is 0 Å². The van der Waals surface area contributed by atoms with Gasteiger partial charge in [0.25, 0.3) is 0 Å². The van der Waals surface area contributed by atoms with Gasteiger partial charge >= 0.3 is 5.69 Å². The monoisotopic (exact) mass is 279 g/mol. The molecule has 2 rings (SSSR count). The number of aliphatic hydroxyl groups is 2. The maximum absolute atomic E-state index is 12.0. The lowest BCUT2D eigenvalue weighted by Gasteiger charge is -2.19. The molecule has 0 bridgehead atoms. The van der Waals surface area contributed by atoms with Crippen LogP contribution in [0.15, 0.2) is 17.1 Å². The van der Waals surface area contributed by atoms with Crippen molar-refractivity contribution in [3.63, 3.8) is 0 Å². The minimum absolute atomic E-state index is 0.0254. The Hall–Kier alpha value is -1.88. The molecule has 0 aliphatic carbocycles. The zero-order valence-electron chi connectivity index (χ0n) is 11.4. The van der Waals surface area contributed by atoms with E-state index in [2.05, 4.69) is 10.9 Å². The number of rotatable bonds is 3. The van der Waals surface area contributed by atoms with Crippen LogP contribution >= 0.6 is 0 Å². The van der Waals surface area contributed by atoms with Crippen molar-refractivity contribution in [2.75, 3.05) is 25.6 Å². The van der Waals surface area contributed by atoms with Crippen LogP contribution in [0.1, 0.15) is 12.6 Å². The number of aromatic nitrogens is 2. The average Bonchev–Trinajstić information content (AvgIpc) is 2.76. The van der Waals surface area contributed by atoms with E-state index in [1.165, 1.54) is 10.8 Å². The molecule has 1 aromatic heterocycles. The Morgan fingerprint density at radius 1 is 1.70 bits per heavy atom. The lowest BCUT2D eigenvalue weighted by atomic mass is 9.96. The van der Waals surface area contributed by atoms with Gasteiger partial charge in [-0.1, -0.05) is 5.92 Å². The molecule has 20 heavy (non-hydrogen) atoms. The summed E-state index contributed by atoms with van der Waals surface area (Å²) in [5.74, 6) is 2.74. The van der Waals surface area contributed by atoms with Crippen molar-refractivity contribution in [2.45, 2.75) is 24.4 Å². The fourth-order valence-electron chi connectivity index (χ4n) is 2.13. The lowest BCUT2D eigenvalue weighted by Crippen LogP contribution is -2.38. The van der Waals surface area contributed by atoms with Gasteiger partial charge in [-0.2, -0.15) is 4.98 Å². The number of terminal acetylenes is 1. The smallest absolute Gasteiger partial charge is 0.351 e. The first-order chi connectivity index (χ1) is 9.41. The molecule has 0 aromatic carbocycles. The average molecular weight is 279 g/mol. The minimum atomic E-state index is -1.58. The normalized spacial score (nSPS) is 29.1. The van der Waals surface area contributed by atoms with Gasteiger partial charge in [0.15, 0.2) is 5.60 Å². The summed E-state index contributed by atoms with van der Waals surface area (Å²) in [6.07, 6.45) is 5.17. The summed E-state index contributed by atoms with van der Waals surface area (Å²) in [7, 11) is 3.55. The van der Waals surface area contributed by atoms with Crippen LogP contribution in [0.4, 0.5) is 5.82 Å². The Kier molecular flexibility index (Phi) is 3.81. The van der Waals surface area contributed by atoms with Gasteiger partial charge in [-0.15, -0.1) is 6.42 Å². The fourth-order valence-corrected chi connectivity index (χ4v) is 2.13. The van der Waals surface area contributed by atoms with Crippen molar-refractivity contribution in [1.82, 2.24) is 9.55 Å². The van der Waals surface area contributed by atoms with Crippen molar-refractivity contribution in [3.05, 3.63) is 22.7 Å². The van der Waals surface area contributed by atoms with Crippen molar-refractivity contribution in [1.29, 1.82) is 0 Å². The van der Waals surface area contributed by atoms with Gasteiger partial charge < -0.3 is 19.8 Å². The molecule has 1 saturated heterocycles. The van der Waals surface area contributed by atoms with E-state index in [1.807, 2.05) is 0 Å². The molecule has 0 unspecified atom stereocenters. The van der Waals surface area contributed by atoms with Crippen LogP contribution in [0.5, 0.6) is 0 Å². The van der Waals surface area contributed by atoms with E-state index in [9.17, 15) is 15.0 Å². The molecule has 0 saturated carbocycles. The number of hydrogen-bond donors (Lipinski definition) is 2. The van der Waals surface area contributed by atoms with Crippen LogP contribution in [0.25, 0.3) is 0 Å². The molecular formula is C13H17N3O4. The molecule has 1 aliphatic heterocycles. The van der Waals surface area contributed by atoms with Crippen LogP contribution in [-0.2, 0) is 4.74 Å². The first-order valence-electron chi connectivity index (χ1n) is 6.14. The summed E-state index contributed by atoms with van der Waals surface area (Å²) in [4.78, 5) is 17.6. The SMILES string of the molecule is C#C[C@]1(O)C[C@H](n2ccc(N(C)C)nc2=O)O[C@@H]1CO. The van der Waals surface area contributed by atoms with E-state index < -0.39 is 30.2 Å². The molecule has 7 heteroatoms. The Balaban J connectivity index is 2.31. The topological polar surface area (TPSA) is 87.8 Å². The van der Waals surface area contributed by atoms with Crippen LogP contribution in [0.3, 0.4) is 0 Å². The van der Waals surface area contributed by atoms with E-state index >= 15 is 0 Å². The van der Waals surface area contributed by atoms with Gasteiger partial charge in [0.1, 0.15) is 18.1 Å². The molecule has 2 heterocycles. The molecule has 0 amide bonds. The molecule has 1 aromatic rings. The second kappa shape index (κ2) is 5.25. The molecule has 1 aliphatic rings. The van der Waals surface area contributed by atoms with Crippen LogP contribution < -0.4 is 10.6 Å². The predicted octanol–water partition coefficient (Wildman–Crippen LogP) is -1.05. The molecule has 108 valence electrons. The first kappa shape index (κ1) is 14.5. The minimum Gasteiger partial charge on any atom is -0.394 e. The number of ether oxygens (including phenoxy) is 1. The maximum Gasteiger partial charge on any atom is 0.351 e. The lowest BCUT2D eigenvalue weighted by molar-refractivity contribution is -0.0624. The van der Waals surface area contributed by atoms with Crippen LogP contribution in [0, 0.1) is 12.3 Å². The molecule has 2 N–H and O–H groups in total. The molecule has 7 nitrogen and oxygen atoms in total. The number of aliphatic hydroxyl groups excluding tert-OH is 1. The number of nitrogens with zero attached hydrogens (tertiary/aromatic N) is 3. The zero-order chi connectivity index (χ0) is 14.9. The van der Waals surface area contributed by atoms with Gasteiger partial charge in [-0.05, 0) is 6.07 Å². The molecular weight excluding hydrogens is 262 g/mol. The van der Waals surface area contributed by atoms with Gasteiger partial charge in [-0.25, -0.2) is 4.79 Å². The van der Waals surface area contributed by atoms with E-state index in [-0.39, 0.29) is 6.42 Å². The molecule has 1 fully saturated rings. The third-order valence-corrected chi connectivity index (χ3v) is 3.34. The standard InChI is InChI=1S/C13H17N3O4/c1-4-13(19)7-11(20-9(13)8-17)16-6-5-10(15(2)3)14-12(16)18/h1,5-6,9,11,17,19H,7-8H2,2-3H3/t9-,11-,13+/m1/s1. The number of hydrogen-bond acceptors (Lipinski definition) is 6. The fraction of sp³-hybridized carbons (Fsp3) is 0.538. The molecule has 0 radical (unpaired) electrons. The van der Waals surface area contributed by atoms with E-state index in [1.54, 1.807) is 25.1 Å². The summed E-state index contributed by atoms with van der Waals surface area (Å²) >= 11 is 0. The Labute approximate surface area is 116 Å². The summed E-state index contributed by atoms with van der Waals surface area (Å²) in [6.45, 7) is -0.421. The third kappa shape index (κ3) is 2.41. The van der Waals surface area contributed by atoms with Gasteiger partial charge in [0.05, 0.1) is 6.61 Å².